The van der Waals surface area contributed by atoms with Crippen LogP contribution in [0, 0.1) is 0 Å². The average Bonchev–Trinajstić information content (AvgIpc) is 2.62. The summed E-state index contributed by atoms with van der Waals surface area (Å²) in [6.45, 7) is 7.79. The molecule has 0 N–H and O–H groups in total. The third-order valence-electron chi connectivity index (χ3n) is 2.94. The van der Waals surface area contributed by atoms with Gasteiger partial charge in [0.1, 0.15) is 0 Å². The molecule has 0 amide bonds. The SMILES string of the molecule is CCCCC(=O)[O-].CCCCC(=O)[O-].CCCCC(=O)[O-].CCCCC(=O)[O-].[Ge+4]. The fourth-order valence-electron chi connectivity index (χ4n) is 1.28. The van der Waals surface area contributed by atoms with E-state index in [4.69, 9.17) is 0 Å². The first kappa shape index (κ1) is 38.1. The van der Waals surface area contributed by atoms with Gasteiger partial charge in [-0.25, -0.2) is 0 Å². The summed E-state index contributed by atoms with van der Waals surface area (Å²) < 4.78 is 0. The average molecular weight is 477 g/mol. The fraction of sp³-hybridized carbons (Fsp3) is 0.800. The van der Waals surface area contributed by atoms with Gasteiger partial charge in [0.05, 0.1) is 0 Å². The molecule has 0 aromatic carbocycles. The Bertz CT molecular complexity index is 315. The summed E-state index contributed by atoms with van der Waals surface area (Å²) in [5.41, 5.74) is 0. The minimum atomic E-state index is -0.943. The van der Waals surface area contributed by atoms with Crippen LogP contribution in [0.2, 0.25) is 0 Å². The Hall–Kier alpha value is -1.58. The second kappa shape index (κ2) is 34.0. The van der Waals surface area contributed by atoms with Gasteiger partial charge in [-0.2, -0.15) is 0 Å². The number of aliphatic carboxylic acids is 4. The molecule has 0 atom stereocenters. The van der Waals surface area contributed by atoms with Crippen LogP contribution in [0.3, 0.4) is 0 Å². The molecular weight excluding hydrogens is 441 g/mol. The second-order valence-electron chi connectivity index (χ2n) is 5.90. The van der Waals surface area contributed by atoms with Crippen LogP contribution in [0.15, 0.2) is 0 Å². The maximum Gasteiger partial charge on any atom is 4.00 e. The van der Waals surface area contributed by atoms with Crippen LogP contribution < -0.4 is 20.4 Å². The summed E-state index contributed by atoms with van der Waals surface area (Å²) in [4.78, 5) is 38.6. The van der Waals surface area contributed by atoms with Crippen LogP contribution in [0.4, 0.5) is 0 Å². The number of carboxylic acid groups (broad SMARTS) is 4. The van der Waals surface area contributed by atoms with Crippen molar-refractivity contribution in [2.24, 2.45) is 0 Å². The first-order valence-corrected chi connectivity index (χ1v) is 9.88. The number of unbranched alkanes of at least 4 members (excludes halogenated alkanes) is 4. The molecule has 168 valence electrons. The summed E-state index contributed by atoms with van der Waals surface area (Å²) in [5, 5.41) is 38.6. The Morgan fingerprint density at radius 2 is 0.586 bits per heavy atom. The van der Waals surface area contributed by atoms with Gasteiger partial charge < -0.3 is 39.6 Å². The van der Waals surface area contributed by atoms with E-state index < -0.39 is 23.9 Å². The molecule has 0 saturated heterocycles. The van der Waals surface area contributed by atoms with Gasteiger partial charge in [0.2, 0.25) is 0 Å². The van der Waals surface area contributed by atoms with Gasteiger partial charge in [0, 0.05) is 23.9 Å². The zero-order chi connectivity index (χ0) is 22.8. The third-order valence-corrected chi connectivity index (χ3v) is 2.94. The van der Waals surface area contributed by atoms with E-state index in [9.17, 15) is 39.6 Å². The van der Waals surface area contributed by atoms with Crippen molar-refractivity contribution in [1.29, 1.82) is 0 Å². The van der Waals surface area contributed by atoms with E-state index >= 15 is 0 Å². The summed E-state index contributed by atoms with van der Waals surface area (Å²) in [6.07, 6.45) is 7.47. The Morgan fingerprint density at radius 3 is 0.621 bits per heavy atom. The van der Waals surface area contributed by atoms with Crippen molar-refractivity contribution in [3.8, 4) is 0 Å². The molecule has 0 heterocycles. The van der Waals surface area contributed by atoms with Gasteiger partial charge in [-0.3, -0.25) is 0 Å². The van der Waals surface area contributed by atoms with E-state index in [0.29, 0.717) is 0 Å². The molecule has 0 fully saturated rings. The molecule has 0 aliphatic rings. The molecule has 0 aliphatic heterocycles. The van der Waals surface area contributed by atoms with Crippen LogP contribution in [-0.2, 0) is 19.2 Å². The number of hydrogen-bond donors (Lipinski definition) is 0. The summed E-state index contributed by atoms with van der Waals surface area (Å²) in [5.74, 6) is -3.77. The van der Waals surface area contributed by atoms with E-state index in [-0.39, 0.29) is 43.3 Å². The molecule has 0 aliphatic carbocycles. The predicted octanol–water partition coefficient (Wildman–Crippen LogP) is -0.675. The Kier molecular flexibility index (Phi) is 44.6. The van der Waals surface area contributed by atoms with Crippen LogP contribution >= 0.6 is 0 Å². The minimum absolute atomic E-state index is 0. The Balaban J connectivity index is -0.0000000873. The summed E-state index contributed by atoms with van der Waals surface area (Å²) in [6, 6.07) is 0. The van der Waals surface area contributed by atoms with Crippen LogP contribution in [-0.4, -0.2) is 41.5 Å². The Morgan fingerprint density at radius 1 is 0.448 bits per heavy atom. The van der Waals surface area contributed by atoms with Crippen molar-refractivity contribution in [2.75, 3.05) is 0 Å². The number of carboxylic acids is 4. The molecular formula is C20H36GeO8. The summed E-state index contributed by atoms with van der Waals surface area (Å²) >= 11 is 0. The van der Waals surface area contributed by atoms with E-state index in [1.165, 1.54) is 0 Å². The first-order valence-electron chi connectivity index (χ1n) is 9.88. The van der Waals surface area contributed by atoms with Gasteiger partial charge in [0.15, 0.2) is 0 Å². The van der Waals surface area contributed by atoms with E-state index in [0.717, 1.165) is 51.4 Å². The fourth-order valence-corrected chi connectivity index (χ4v) is 1.28. The number of carbonyl (C=O) groups is 4. The molecule has 0 aromatic rings. The molecule has 0 unspecified atom stereocenters. The van der Waals surface area contributed by atoms with Gasteiger partial charge in [-0.05, 0) is 51.4 Å². The number of rotatable bonds is 12. The zero-order valence-corrected chi connectivity index (χ0v) is 20.3. The van der Waals surface area contributed by atoms with Gasteiger partial charge in [0.25, 0.3) is 0 Å². The van der Waals surface area contributed by atoms with Crippen molar-refractivity contribution in [3.63, 3.8) is 0 Å². The quantitative estimate of drug-likeness (QED) is 0.335. The topological polar surface area (TPSA) is 161 Å². The van der Waals surface area contributed by atoms with Crippen LogP contribution in [0.25, 0.3) is 0 Å². The molecule has 0 aromatic heterocycles. The largest absolute Gasteiger partial charge is 4.00 e. The second-order valence-corrected chi connectivity index (χ2v) is 5.90. The molecule has 29 heavy (non-hydrogen) atoms. The molecule has 9 heteroatoms. The smallest absolute Gasteiger partial charge is 0.550 e. The van der Waals surface area contributed by atoms with Gasteiger partial charge in [-0.1, -0.05) is 53.4 Å². The zero-order valence-electron chi connectivity index (χ0n) is 18.3. The molecule has 0 radical (unpaired) electrons. The standard InChI is InChI=1S/4C5H10O2.Ge/c4*1-2-3-4-5(6)7;/h4*2-4H2,1H3,(H,6,7);/q;;;;+4/p-4. The number of carbonyl (C=O) groups excluding carboxylic acids is 4. The van der Waals surface area contributed by atoms with Crippen molar-refractivity contribution in [3.05, 3.63) is 0 Å². The molecule has 0 saturated carbocycles. The van der Waals surface area contributed by atoms with E-state index in [2.05, 4.69) is 0 Å². The predicted molar refractivity (Wildman–Crippen MR) is 104 cm³/mol. The van der Waals surface area contributed by atoms with Crippen molar-refractivity contribution in [1.82, 2.24) is 0 Å². The molecule has 8 nitrogen and oxygen atoms in total. The van der Waals surface area contributed by atoms with E-state index in [1.54, 1.807) is 0 Å². The Labute approximate surface area is 186 Å². The van der Waals surface area contributed by atoms with Gasteiger partial charge in [-0.15, -0.1) is 0 Å². The van der Waals surface area contributed by atoms with Crippen LogP contribution in [0.5, 0.6) is 0 Å². The molecule has 0 bridgehead atoms. The summed E-state index contributed by atoms with van der Waals surface area (Å²) in [7, 11) is 0. The monoisotopic (exact) mass is 478 g/mol. The molecule has 0 rings (SSSR count). The van der Waals surface area contributed by atoms with Gasteiger partial charge >= 0.3 is 17.6 Å². The number of hydrogen-bond acceptors (Lipinski definition) is 8. The first-order chi connectivity index (χ1) is 13.1. The normalized spacial score (nSPS) is 8.41. The maximum atomic E-state index is 9.65. The van der Waals surface area contributed by atoms with E-state index in [1.807, 2.05) is 27.7 Å². The minimum Gasteiger partial charge on any atom is -0.550 e. The van der Waals surface area contributed by atoms with Crippen molar-refractivity contribution < 1.29 is 39.6 Å². The van der Waals surface area contributed by atoms with Crippen molar-refractivity contribution >= 4 is 41.5 Å². The van der Waals surface area contributed by atoms with Crippen LogP contribution in [0.1, 0.15) is 105 Å². The molecule has 0 spiro atoms. The maximum absolute atomic E-state index is 9.65. The van der Waals surface area contributed by atoms with Crippen molar-refractivity contribution in [2.45, 2.75) is 105 Å². The third kappa shape index (κ3) is 75.8.